The van der Waals surface area contributed by atoms with E-state index in [1.165, 1.54) is 0 Å². The Bertz CT molecular complexity index is 172. The van der Waals surface area contributed by atoms with Gasteiger partial charge in [-0.2, -0.15) is 24.9 Å². The molecule has 2 unspecified atom stereocenters. The predicted octanol–water partition coefficient (Wildman–Crippen LogP) is 2.81. The van der Waals surface area contributed by atoms with Crippen LogP contribution in [0.2, 0.25) is 0 Å². The summed E-state index contributed by atoms with van der Waals surface area (Å²) < 4.78 is 35.7. The van der Waals surface area contributed by atoms with Crippen LogP contribution in [0.5, 0.6) is 0 Å². The normalized spacial score (nSPS) is 28.3. The first kappa shape index (κ1) is 12.2. The van der Waals surface area contributed by atoms with Crippen LogP contribution >= 0.6 is 11.8 Å². The second kappa shape index (κ2) is 5.26. The molecule has 1 N–H and O–H groups in total. The first-order valence-corrected chi connectivity index (χ1v) is 5.98. The van der Waals surface area contributed by atoms with Crippen molar-refractivity contribution in [2.45, 2.75) is 43.7 Å². The van der Waals surface area contributed by atoms with Gasteiger partial charge in [0.15, 0.2) is 0 Å². The number of nitrogens with one attached hydrogen (secondary N) is 1. The first-order valence-electron chi connectivity index (χ1n) is 4.93. The second-order valence-corrected chi connectivity index (χ2v) is 5.16. The van der Waals surface area contributed by atoms with E-state index in [9.17, 15) is 13.2 Å². The second-order valence-electron chi connectivity index (χ2n) is 3.58. The van der Waals surface area contributed by atoms with E-state index in [-0.39, 0.29) is 6.04 Å². The van der Waals surface area contributed by atoms with Gasteiger partial charge in [-0.25, -0.2) is 0 Å². The Morgan fingerprint density at radius 3 is 2.64 bits per heavy atom. The lowest BCUT2D eigenvalue weighted by atomic mass is 10.2. The minimum atomic E-state index is -4.07. The fourth-order valence-electron chi connectivity index (χ4n) is 1.77. The maximum Gasteiger partial charge on any atom is 0.401 e. The standard InChI is InChI=1S/C9H16F3NS/c1-2-14-8-4-3-7(5-8)13-6-9(10,11)12/h7-8,13H,2-6H2,1H3. The molecule has 0 aromatic carbocycles. The highest BCUT2D eigenvalue weighted by atomic mass is 32.2. The highest BCUT2D eigenvalue weighted by Crippen LogP contribution is 2.30. The van der Waals surface area contributed by atoms with E-state index < -0.39 is 12.7 Å². The zero-order valence-electron chi connectivity index (χ0n) is 8.23. The number of rotatable bonds is 4. The lowest BCUT2D eigenvalue weighted by Gasteiger charge is -2.14. The van der Waals surface area contributed by atoms with Crippen molar-refractivity contribution in [3.63, 3.8) is 0 Å². The summed E-state index contributed by atoms with van der Waals surface area (Å²) in [5.74, 6) is 1.05. The monoisotopic (exact) mass is 227 g/mol. The SMILES string of the molecule is CCSC1CCC(NCC(F)(F)F)C1. The van der Waals surface area contributed by atoms with Crippen molar-refractivity contribution < 1.29 is 13.2 Å². The number of hydrogen-bond donors (Lipinski definition) is 1. The Kier molecular flexibility index (Phi) is 4.57. The highest BCUT2D eigenvalue weighted by molar-refractivity contribution is 7.99. The largest absolute Gasteiger partial charge is 0.401 e. The van der Waals surface area contributed by atoms with Gasteiger partial charge < -0.3 is 5.32 Å². The molecule has 0 saturated heterocycles. The van der Waals surface area contributed by atoms with Crippen molar-refractivity contribution in [1.29, 1.82) is 0 Å². The molecule has 1 saturated carbocycles. The van der Waals surface area contributed by atoms with Crippen molar-refractivity contribution in [3.8, 4) is 0 Å². The van der Waals surface area contributed by atoms with E-state index in [4.69, 9.17) is 0 Å². The van der Waals surface area contributed by atoms with E-state index in [1.54, 1.807) is 0 Å². The van der Waals surface area contributed by atoms with Crippen LogP contribution in [-0.4, -0.2) is 29.8 Å². The van der Waals surface area contributed by atoms with Crippen LogP contribution < -0.4 is 5.32 Å². The third-order valence-corrected chi connectivity index (χ3v) is 3.61. The molecule has 1 aliphatic rings. The lowest BCUT2D eigenvalue weighted by molar-refractivity contribution is -0.126. The Hall–Kier alpha value is 0.100. The minimum absolute atomic E-state index is 0.0701. The highest BCUT2D eigenvalue weighted by Gasteiger charge is 2.30. The molecule has 0 bridgehead atoms. The van der Waals surface area contributed by atoms with Gasteiger partial charge in [0, 0.05) is 11.3 Å². The van der Waals surface area contributed by atoms with Gasteiger partial charge in [-0.05, 0) is 25.0 Å². The summed E-state index contributed by atoms with van der Waals surface area (Å²) in [7, 11) is 0. The summed E-state index contributed by atoms with van der Waals surface area (Å²) in [5.41, 5.74) is 0. The molecule has 1 nitrogen and oxygen atoms in total. The summed E-state index contributed by atoms with van der Waals surface area (Å²) >= 11 is 1.85. The van der Waals surface area contributed by atoms with Crippen LogP contribution in [0.15, 0.2) is 0 Å². The van der Waals surface area contributed by atoms with Gasteiger partial charge in [-0.3, -0.25) is 0 Å². The van der Waals surface area contributed by atoms with Crippen molar-refractivity contribution in [1.82, 2.24) is 5.32 Å². The predicted molar refractivity (Wildman–Crippen MR) is 53.6 cm³/mol. The van der Waals surface area contributed by atoms with Gasteiger partial charge in [0.2, 0.25) is 0 Å². The average molecular weight is 227 g/mol. The molecule has 0 aromatic heterocycles. The number of alkyl halides is 3. The maximum atomic E-state index is 11.9. The van der Waals surface area contributed by atoms with Gasteiger partial charge >= 0.3 is 6.18 Å². The van der Waals surface area contributed by atoms with Crippen LogP contribution in [0.25, 0.3) is 0 Å². The van der Waals surface area contributed by atoms with E-state index in [1.807, 2.05) is 11.8 Å². The van der Waals surface area contributed by atoms with Crippen molar-refractivity contribution in [2.24, 2.45) is 0 Å². The first-order chi connectivity index (χ1) is 6.51. The fourth-order valence-corrected chi connectivity index (χ4v) is 2.92. The number of hydrogen-bond acceptors (Lipinski definition) is 2. The Morgan fingerprint density at radius 2 is 2.07 bits per heavy atom. The number of thioether (sulfide) groups is 1. The number of halogens is 3. The smallest absolute Gasteiger partial charge is 0.306 e. The molecule has 1 rings (SSSR count). The molecule has 0 aromatic rings. The Morgan fingerprint density at radius 1 is 1.36 bits per heavy atom. The van der Waals surface area contributed by atoms with E-state index in [0.717, 1.165) is 25.0 Å². The van der Waals surface area contributed by atoms with Crippen LogP contribution in [0.4, 0.5) is 13.2 Å². The molecular weight excluding hydrogens is 211 g/mol. The van der Waals surface area contributed by atoms with Gasteiger partial charge in [-0.15, -0.1) is 0 Å². The zero-order chi connectivity index (χ0) is 10.6. The molecule has 84 valence electrons. The molecular formula is C9H16F3NS. The molecule has 1 aliphatic carbocycles. The topological polar surface area (TPSA) is 12.0 Å². The summed E-state index contributed by atoms with van der Waals surface area (Å²) in [6.07, 6.45) is -1.26. The van der Waals surface area contributed by atoms with Crippen molar-refractivity contribution in [3.05, 3.63) is 0 Å². The van der Waals surface area contributed by atoms with E-state index >= 15 is 0 Å². The van der Waals surface area contributed by atoms with E-state index in [0.29, 0.717) is 5.25 Å². The van der Waals surface area contributed by atoms with Gasteiger partial charge in [0.25, 0.3) is 0 Å². The van der Waals surface area contributed by atoms with Gasteiger partial charge in [0.1, 0.15) is 0 Å². The molecule has 0 heterocycles. The summed E-state index contributed by atoms with van der Waals surface area (Å²) in [4.78, 5) is 0. The molecule has 2 atom stereocenters. The molecule has 0 radical (unpaired) electrons. The molecule has 14 heavy (non-hydrogen) atoms. The molecule has 5 heteroatoms. The quantitative estimate of drug-likeness (QED) is 0.792. The minimum Gasteiger partial charge on any atom is -0.306 e. The zero-order valence-corrected chi connectivity index (χ0v) is 9.05. The molecule has 1 fully saturated rings. The van der Waals surface area contributed by atoms with Crippen molar-refractivity contribution in [2.75, 3.05) is 12.3 Å². The summed E-state index contributed by atoms with van der Waals surface area (Å²) in [5, 5.41) is 3.13. The van der Waals surface area contributed by atoms with Crippen LogP contribution in [0, 0.1) is 0 Å². The van der Waals surface area contributed by atoms with Crippen LogP contribution in [0.1, 0.15) is 26.2 Å². The summed E-state index contributed by atoms with van der Waals surface area (Å²) in [6, 6.07) is 0.0701. The van der Waals surface area contributed by atoms with Gasteiger partial charge in [-0.1, -0.05) is 6.92 Å². The Labute approximate surface area is 86.8 Å². The fraction of sp³-hybridized carbons (Fsp3) is 1.00. The lowest BCUT2D eigenvalue weighted by Crippen LogP contribution is -2.35. The van der Waals surface area contributed by atoms with Crippen molar-refractivity contribution >= 4 is 11.8 Å². The van der Waals surface area contributed by atoms with E-state index in [2.05, 4.69) is 12.2 Å². The average Bonchev–Trinajstić information content (AvgIpc) is 2.49. The van der Waals surface area contributed by atoms with Gasteiger partial charge in [0.05, 0.1) is 6.54 Å². The molecule has 0 spiro atoms. The Balaban J connectivity index is 2.16. The third-order valence-electron chi connectivity index (χ3n) is 2.38. The maximum absolute atomic E-state index is 11.9. The molecule has 0 aliphatic heterocycles. The van der Waals surface area contributed by atoms with Crippen LogP contribution in [-0.2, 0) is 0 Å². The molecule has 0 amide bonds. The van der Waals surface area contributed by atoms with Crippen LogP contribution in [0.3, 0.4) is 0 Å². The third kappa shape index (κ3) is 4.55. The summed E-state index contributed by atoms with van der Waals surface area (Å²) in [6.45, 7) is 1.24.